The van der Waals surface area contributed by atoms with Crippen molar-refractivity contribution in [1.82, 2.24) is 4.90 Å². The van der Waals surface area contributed by atoms with Crippen LogP contribution in [0.3, 0.4) is 0 Å². The molecule has 3 aromatic rings. The second kappa shape index (κ2) is 8.58. The van der Waals surface area contributed by atoms with Crippen LogP contribution in [0.15, 0.2) is 76.3 Å². The van der Waals surface area contributed by atoms with Crippen LogP contribution in [0, 0.1) is 0 Å². The summed E-state index contributed by atoms with van der Waals surface area (Å²) < 4.78 is 26.8. The molecule has 0 aliphatic rings. The minimum Gasteiger partial charge on any atom is -0.335 e. The molecule has 0 bridgehead atoms. The smallest absolute Gasteiger partial charge is 0.273 e. The standard InChI is InChI=1S/C21H22N2O3S2/c1-3-23(16-17-8-5-4-6-9-17)21(24)18-11-13-19(14-12-18)22(2)28(25,26)20-10-7-15-27-20/h4-15H,3,16H2,1-2H3. The number of nitrogens with zero attached hydrogens (tertiary/aromatic N) is 2. The normalized spacial score (nSPS) is 11.2. The van der Waals surface area contributed by atoms with Gasteiger partial charge in [0.25, 0.3) is 15.9 Å². The zero-order valence-corrected chi connectivity index (χ0v) is 17.4. The predicted octanol–water partition coefficient (Wildman–Crippen LogP) is 4.24. The summed E-state index contributed by atoms with van der Waals surface area (Å²) in [5, 5.41) is 1.73. The summed E-state index contributed by atoms with van der Waals surface area (Å²) >= 11 is 1.18. The Morgan fingerprint density at radius 2 is 1.64 bits per heavy atom. The van der Waals surface area contributed by atoms with Gasteiger partial charge in [-0.15, -0.1) is 11.3 Å². The van der Waals surface area contributed by atoms with Crippen LogP contribution in [0.1, 0.15) is 22.8 Å². The van der Waals surface area contributed by atoms with E-state index >= 15 is 0 Å². The second-order valence-corrected chi connectivity index (χ2v) is 9.40. The van der Waals surface area contributed by atoms with E-state index in [-0.39, 0.29) is 10.1 Å². The Bertz CT molecular complexity index is 1020. The number of amides is 1. The van der Waals surface area contributed by atoms with Crippen molar-refractivity contribution in [3.05, 3.63) is 83.2 Å². The quantitative estimate of drug-likeness (QED) is 0.581. The van der Waals surface area contributed by atoms with Gasteiger partial charge in [0.05, 0.1) is 5.69 Å². The van der Waals surface area contributed by atoms with Crippen molar-refractivity contribution >= 4 is 33.0 Å². The van der Waals surface area contributed by atoms with E-state index in [1.807, 2.05) is 37.3 Å². The van der Waals surface area contributed by atoms with Crippen LogP contribution >= 0.6 is 11.3 Å². The molecule has 28 heavy (non-hydrogen) atoms. The van der Waals surface area contributed by atoms with Crippen molar-refractivity contribution in [1.29, 1.82) is 0 Å². The van der Waals surface area contributed by atoms with E-state index in [9.17, 15) is 13.2 Å². The van der Waals surface area contributed by atoms with Gasteiger partial charge in [0.1, 0.15) is 4.21 Å². The van der Waals surface area contributed by atoms with Crippen molar-refractivity contribution in [3.63, 3.8) is 0 Å². The molecular formula is C21H22N2O3S2. The molecule has 0 radical (unpaired) electrons. The fourth-order valence-corrected chi connectivity index (χ4v) is 5.17. The largest absolute Gasteiger partial charge is 0.335 e. The lowest BCUT2D eigenvalue weighted by atomic mass is 10.1. The maximum absolute atomic E-state index is 12.8. The molecule has 7 heteroatoms. The third-order valence-corrected chi connectivity index (χ3v) is 7.63. The Kier molecular flexibility index (Phi) is 6.16. The van der Waals surface area contributed by atoms with Gasteiger partial charge in [-0.3, -0.25) is 9.10 Å². The number of benzene rings is 2. The number of carbonyl (C=O) groups excluding carboxylic acids is 1. The molecule has 0 spiro atoms. The third kappa shape index (κ3) is 4.26. The lowest BCUT2D eigenvalue weighted by Gasteiger charge is -2.22. The van der Waals surface area contributed by atoms with Crippen LogP contribution in [0.2, 0.25) is 0 Å². The fraction of sp³-hybridized carbons (Fsp3) is 0.190. The first-order chi connectivity index (χ1) is 13.4. The molecule has 3 rings (SSSR count). The number of carbonyl (C=O) groups is 1. The molecule has 146 valence electrons. The SMILES string of the molecule is CCN(Cc1ccccc1)C(=O)c1ccc(N(C)S(=O)(=O)c2cccs2)cc1. The Labute approximate surface area is 169 Å². The zero-order valence-electron chi connectivity index (χ0n) is 15.8. The average Bonchev–Trinajstić information content (AvgIpc) is 3.27. The molecule has 1 heterocycles. The number of hydrogen-bond donors (Lipinski definition) is 0. The monoisotopic (exact) mass is 414 g/mol. The van der Waals surface area contributed by atoms with Gasteiger partial charge in [0.15, 0.2) is 0 Å². The Balaban J connectivity index is 1.77. The Hall–Kier alpha value is -2.64. The van der Waals surface area contributed by atoms with Crippen LogP contribution in [-0.2, 0) is 16.6 Å². The average molecular weight is 415 g/mol. The van der Waals surface area contributed by atoms with E-state index in [0.29, 0.717) is 24.3 Å². The van der Waals surface area contributed by atoms with Gasteiger partial charge in [0, 0.05) is 25.7 Å². The van der Waals surface area contributed by atoms with Crippen LogP contribution in [0.4, 0.5) is 5.69 Å². The van der Waals surface area contributed by atoms with Gasteiger partial charge < -0.3 is 4.90 Å². The number of thiophene rings is 1. The van der Waals surface area contributed by atoms with E-state index < -0.39 is 10.0 Å². The summed E-state index contributed by atoms with van der Waals surface area (Å²) in [6, 6.07) is 19.8. The first-order valence-electron chi connectivity index (χ1n) is 8.89. The first kappa shape index (κ1) is 20.1. The topological polar surface area (TPSA) is 57.7 Å². The summed E-state index contributed by atoms with van der Waals surface area (Å²) in [6.07, 6.45) is 0. The summed E-state index contributed by atoms with van der Waals surface area (Å²) in [5.41, 5.74) is 2.11. The summed E-state index contributed by atoms with van der Waals surface area (Å²) in [4.78, 5) is 14.6. The van der Waals surface area contributed by atoms with Gasteiger partial charge in [-0.2, -0.15) is 0 Å². The number of hydrogen-bond acceptors (Lipinski definition) is 4. The molecule has 0 aliphatic carbocycles. The zero-order chi connectivity index (χ0) is 20.1. The van der Waals surface area contributed by atoms with E-state index in [1.165, 1.54) is 22.7 Å². The van der Waals surface area contributed by atoms with E-state index in [2.05, 4.69) is 0 Å². The molecule has 5 nitrogen and oxygen atoms in total. The van der Waals surface area contributed by atoms with Gasteiger partial charge in [-0.05, 0) is 48.2 Å². The van der Waals surface area contributed by atoms with Crippen molar-refractivity contribution in [2.75, 3.05) is 17.9 Å². The van der Waals surface area contributed by atoms with Gasteiger partial charge in [-0.25, -0.2) is 8.42 Å². The summed E-state index contributed by atoms with van der Waals surface area (Å²) in [7, 11) is -2.07. The van der Waals surface area contributed by atoms with Crippen LogP contribution in [0.5, 0.6) is 0 Å². The molecule has 0 N–H and O–H groups in total. The molecule has 1 aromatic heterocycles. The summed E-state index contributed by atoms with van der Waals surface area (Å²) in [6.45, 7) is 3.06. The molecule has 0 saturated carbocycles. The first-order valence-corrected chi connectivity index (χ1v) is 11.2. The molecule has 0 atom stereocenters. The number of anilines is 1. The molecule has 0 unspecified atom stereocenters. The highest BCUT2D eigenvalue weighted by Gasteiger charge is 2.22. The Morgan fingerprint density at radius 1 is 0.964 bits per heavy atom. The number of rotatable bonds is 7. The van der Waals surface area contributed by atoms with Crippen molar-refractivity contribution < 1.29 is 13.2 Å². The maximum atomic E-state index is 12.8. The molecule has 0 aliphatic heterocycles. The number of sulfonamides is 1. The minimum atomic E-state index is -3.59. The van der Waals surface area contributed by atoms with E-state index in [1.54, 1.807) is 46.7 Å². The van der Waals surface area contributed by atoms with Crippen LogP contribution in [-0.4, -0.2) is 32.8 Å². The van der Waals surface area contributed by atoms with Crippen LogP contribution in [0.25, 0.3) is 0 Å². The van der Waals surface area contributed by atoms with Gasteiger partial charge >= 0.3 is 0 Å². The molecule has 1 amide bonds. The highest BCUT2D eigenvalue weighted by Crippen LogP contribution is 2.25. The molecule has 2 aromatic carbocycles. The Morgan fingerprint density at radius 3 is 2.21 bits per heavy atom. The molecular weight excluding hydrogens is 392 g/mol. The van der Waals surface area contributed by atoms with E-state index in [4.69, 9.17) is 0 Å². The van der Waals surface area contributed by atoms with Gasteiger partial charge in [-0.1, -0.05) is 36.4 Å². The fourth-order valence-electron chi connectivity index (χ4n) is 2.81. The highest BCUT2D eigenvalue weighted by molar-refractivity contribution is 7.94. The lowest BCUT2D eigenvalue weighted by Crippen LogP contribution is -2.30. The molecule has 0 saturated heterocycles. The highest BCUT2D eigenvalue weighted by atomic mass is 32.2. The maximum Gasteiger partial charge on any atom is 0.273 e. The van der Waals surface area contributed by atoms with Crippen molar-refractivity contribution in [2.24, 2.45) is 0 Å². The minimum absolute atomic E-state index is 0.0818. The van der Waals surface area contributed by atoms with Crippen molar-refractivity contribution in [3.8, 4) is 0 Å². The summed E-state index contributed by atoms with van der Waals surface area (Å²) in [5.74, 6) is -0.0818. The van der Waals surface area contributed by atoms with E-state index in [0.717, 1.165) is 5.56 Å². The molecule has 0 fully saturated rings. The second-order valence-electron chi connectivity index (χ2n) is 6.26. The van der Waals surface area contributed by atoms with Gasteiger partial charge in [0.2, 0.25) is 0 Å². The predicted molar refractivity (Wildman–Crippen MR) is 113 cm³/mol. The third-order valence-electron chi connectivity index (χ3n) is 4.47. The lowest BCUT2D eigenvalue weighted by molar-refractivity contribution is 0.0752. The van der Waals surface area contributed by atoms with Crippen molar-refractivity contribution in [2.45, 2.75) is 17.7 Å². The van der Waals surface area contributed by atoms with Crippen LogP contribution < -0.4 is 4.31 Å².